The van der Waals surface area contributed by atoms with Crippen LogP contribution in [0.5, 0.6) is 0 Å². The molecule has 0 bridgehead atoms. The Morgan fingerprint density at radius 3 is 2.74 bits per heavy atom. The SMILES string of the molecule is CC1CCCCC1Nc1cc(F)c(I)cc1[N+](=O)[O-]. The van der Waals surface area contributed by atoms with E-state index >= 15 is 0 Å². The van der Waals surface area contributed by atoms with Crippen LogP contribution in [0, 0.1) is 25.4 Å². The molecule has 1 N–H and O–H groups in total. The molecular formula is C13H16FIN2O2. The van der Waals surface area contributed by atoms with Gasteiger partial charge < -0.3 is 5.32 Å². The number of anilines is 1. The molecule has 4 nitrogen and oxygen atoms in total. The van der Waals surface area contributed by atoms with Crippen LogP contribution in [0.1, 0.15) is 32.6 Å². The topological polar surface area (TPSA) is 55.2 Å². The van der Waals surface area contributed by atoms with Crippen molar-refractivity contribution in [2.24, 2.45) is 5.92 Å². The average molecular weight is 378 g/mol. The molecule has 1 aliphatic carbocycles. The zero-order valence-corrected chi connectivity index (χ0v) is 12.8. The third kappa shape index (κ3) is 3.34. The van der Waals surface area contributed by atoms with E-state index < -0.39 is 10.7 Å². The second kappa shape index (κ2) is 6.02. The van der Waals surface area contributed by atoms with Crippen molar-refractivity contribution >= 4 is 34.0 Å². The summed E-state index contributed by atoms with van der Waals surface area (Å²) in [5, 5.41) is 14.2. The number of nitrogens with one attached hydrogen (secondary N) is 1. The van der Waals surface area contributed by atoms with E-state index in [-0.39, 0.29) is 15.3 Å². The lowest BCUT2D eigenvalue weighted by atomic mass is 9.86. The first-order valence-corrected chi connectivity index (χ1v) is 7.47. The molecule has 0 aromatic heterocycles. The summed E-state index contributed by atoms with van der Waals surface area (Å²) in [5.41, 5.74) is 0.241. The van der Waals surface area contributed by atoms with Crippen LogP contribution in [-0.4, -0.2) is 11.0 Å². The highest BCUT2D eigenvalue weighted by Crippen LogP contribution is 2.33. The Morgan fingerprint density at radius 1 is 1.42 bits per heavy atom. The number of hydrogen-bond acceptors (Lipinski definition) is 3. The lowest BCUT2D eigenvalue weighted by Crippen LogP contribution is -2.30. The van der Waals surface area contributed by atoms with Gasteiger partial charge in [-0.05, 0) is 41.4 Å². The first kappa shape index (κ1) is 14.5. The Labute approximate surface area is 125 Å². The fraction of sp³-hybridized carbons (Fsp3) is 0.538. The maximum atomic E-state index is 13.6. The number of halogens is 2. The van der Waals surface area contributed by atoms with Gasteiger partial charge >= 0.3 is 0 Å². The van der Waals surface area contributed by atoms with Crippen molar-refractivity contribution in [1.82, 2.24) is 0 Å². The molecule has 0 spiro atoms. The highest BCUT2D eigenvalue weighted by atomic mass is 127. The highest BCUT2D eigenvalue weighted by molar-refractivity contribution is 14.1. The Balaban J connectivity index is 2.27. The molecule has 2 unspecified atom stereocenters. The smallest absolute Gasteiger partial charge is 0.293 e. The van der Waals surface area contributed by atoms with Crippen molar-refractivity contribution in [1.29, 1.82) is 0 Å². The van der Waals surface area contributed by atoms with Crippen molar-refractivity contribution in [3.05, 3.63) is 31.6 Å². The largest absolute Gasteiger partial charge is 0.376 e. The van der Waals surface area contributed by atoms with Crippen LogP contribution in [-0.2, 0) is 0 Å². The van der Waals surface area contributed by atoms with Gasteiger partial charge in [0.25, 0.3) is 5.69 Å². The van der Waals surface area contributed by atoms with Crippen LogP contribution in [0.25, 0.3) is 0 Å². The molecule has 2 rings (SSSR count). The monoisotopic (exact) mass is 378 g/mol. The predicted molar refractivity (Wildman–Crippen MR) is 80.8 cm³/mol. The zero-order valence-electron chi connectivity index (χ0n) is 10.7. The van der Waals surface area contributed by atoms with Gasteiger partial charge in [0.2, 0.25) is 0 Å². The summed E-state index contributed by atoms with van der Waals surface area (Å²) in [4.78, 5) is 10.6. The molecule has 0 radical (unpaired) electrons. The summed E-state index contributed by atoms with van der Waals surface area (Å²) in [6.45, 7) is 2.13. The van der Waals surface area contributed by atoms with Gasteiger partial charge in [0.15, 0.2) is 0 Å². The van der Waals surface area contributed by atoms with E-state index in [1.54, 1.807) is 22.6 Å². The first-order chi connectivity index (χ1) is 8.99. The molecule has 0 saturated heterocycles. The van der Waals surface area contributed by atoms with Gasteiger partial charge in [-0.1, -0.05) is 19.8 Å². The van der Waals surface area contributed by atoms with Crippen molar-refractivity contribution in [2.45, 2.75) is 38.6 Å². The third-order valence-corrected chi connectivity index (χ3v) is 4.51. The molecule has 1 aromatic carbocycles. The minimum absolute atomic E-state index is 0.0522. The number of rotatable bonds is 3. The van der Waals surface area contributed by atoms with Crippen molar-refractivity contribution in [3.8, 4) is 0 Å². The standard InChI is InChI=1S/C13H16FIN2O2/c1-8-4-2-3-5-11(8)16-12-6-9(14)10(15)7-13(12)17(18)19/h6-8,11,16H,2-5H2,1H3. The lowest BCUT2D eigenvalue weighted by molar-refractivity contribution is -0.384. The van der Waals surface area contributed by atoms with E-state index in [1.165, 1.54) is 18.6 Å². The molecule has 1 fully saturated rings. The molecule has 0 aliphatic heterocycles. The molecule has 19 heavy (non-hydrogen) atoms. The number of benzene rings is 1. The van der Waals surface area contributed by atoms with E-state index in [1.807, 2.05) is 0 Å². The quantitative estimate of drug-likeness (QED) is 0.484. The summed E-state index contributed by atoms with van der Waals surface area (Å²) in [7, 11) is 0. The average Bonchev–Trinajstić information content (AvgIpc) is 2.36. The highest BCUT2D eigenvalue weighted by Gasteiger charge is 2.25. The first-order valence-electron chi connectivity index (χ1n) is 6.39. The minimum Gasteiger partial charge on any atom is -0.376 e. The van der Waals surface area contributed by atoms with Gasteiger partial charge in [-0.25, -0.2) is 4.39 Å². The zero-order chi connectivity index (χ0) is 14.0. The van der Waals surface area contributed by atoms with Crippen molar-refractivity contribution in [2.75, 3.05) is 5.32 Å². The van der Waals surface area contributed by atoms with E-state index in [4.69, 9.17) is 0 Å². The number of nitrogens with zero attached hydrogens (tertiary/aromatic N) is 1. The fourth-order valence-corrected chi connectivity index (χ4v) is 2.98. The maximum absolute atomic E-state index is 13.6. The molecule has 2 atom stereocenters. The lowest BCUT2D eigenvalue weighted by Gasteiger charge is -2.30. The number of nitro benzene ring substituents is 1. The molecule has 6 heteroatoms. The normalized spacial score (nSPS) is 23.1. The summed E-state index contributed by atoms with van der Waals surface area (Å²) in [6, 6.07) is 2.71. The Bertz CT molecular complexity index is 496. The Hall–Kier alpha value is -0.920. The van der Waals surface area contributed by atoms with Crippen LogP contribution in [0.3, 0.4) is 0 Å². The van der Waals surface area contributed by atoms with Gasteiger partial charge in [-0.2, -0.15) is 0 Å². The van der Waals surface area contributed by atoms with Gasteiger partial charge in [-0.3, -0.25) is 10.1 Å². The Kier molecular flexibility index (Phi) is 4.59. The van der Waals surface area contributed by atoms with E-state index in [2.05, 4.69) is 12.2 Å². The predicted octanol–water partition coefficient (Wildman–Crippen LogP) is 4.33. The summed E-state index contributed by atoms with van der Waals surface area (Å²) >= 11 is 1.77. The van der Waals surface area contributed by atoms with Crippen LogP contribution < -0.4 is 5.32 Å². The number of hydrogen-bond donors (Lipinski definition) is 1. The molecule has 0 amide bonds. The molecule has 1 aromatic rings. The summed E-state index contributed by atoms with van der Waals surface area (Å²) in [5.74, 6) is 0.0351. The second-order valence-corrected chi connectivity index (χ2v) is 6.22. The van der Waals surface area contributed by atoms with E-state index in [0.717, 1.165) is 19.3 Å². The Morgan fingerprint density at radius 2 is 2.11 bits per heavy atom. The second-order valence-electron chi connectivity index (χ2n) is 5.05. The van der Waals surface area contributed by atoms with Crippen LogP contribution in [0.15, 0.2) is 12.1 Å². The fourth-order valence-electron chi connectivity index (χ4n) is 2.53. The van der Waals surface area contributed by atoms with Crippen molar-refractivity contribution < 1.29 is 9.31 Å². The summed E-state index contributed by atoms with van der Waals surface area (Å²) in [6.07, 6.45) is 4.40. The van der Waals surface area contributed by atoms with Gasteiger partial charge in [-0.15, -0.1) is 0 Å². The van der Waals surface area contributed by atoms with E-state index in [9.17, 15) is 14.5 Å². The van der Waals surface area contributed by atoms with E-state index in [0.29, 0.717) is 11.6 Å². The molecule has 104 valence electrons. The maximum Gasteiger partial charge on any atom is 0.293 e. The van der Waals surface area contributed by atoms with Gasteiger partial charge in [0, 0.05) is 18.2 Å². The van der Waals surface area contributed by atoms with Crippen LogP contribution in [0.2, 0.25) is 0 Å². The molecule has 0 heterocycles. The minimum atomic E-state index is -0.461. The third-order valence-electron chi connectivity index (χ3n) is 3.69. The van der Waals surface area contributed by atoms with Crippen molar-refractivity contribution in [3.63, 3.8) is 0 Å². The van der Waals surface area contributed by atoms with Gasteiger partial charge in [0.05, 0.1) is 8.49 Å². The van der Waals surface area contributed by atoms with Crippen LogP contribution >= 0.6 is 22.6 Å². The molecular weight excluding hydrogens is 362 g/mol. The summed E-state index contributed by atoms with van der Waals surface area (Å²) < 4.78 is 13.9. The van der Waals surface area contributed by atoms with Gasteiger partial charge in [0.1, 0.15) is 11.5 Å². The molecule has 1 saturated carbocycles. The van der Waals surface area contributed by atoms with Crippen LogP contribution in [0.4, 0.5) is 15.8 Å². The molecule has 1 aliphatic rings. The number of nitro groups is 1.